The van der Waals surface area contributed by atoms with Crippen LogP contribution >= 0.6 is 11.8 Å². The van der Waals surface area contributed by atoms with Crippen LogP contribution in [0.15, 0.2) is 11.3 Å². The average molecular weight is 296 g/mol. The van der Waals surface area contributed by atoms with Gasteiger partial charge in [0.2, 0.25) is 0 Å². The highest BCUT2D eigenvalue weighted by Gasteiger charge is 2.28. The van der Waals surface area contributed by atoms with Crippen molar-refractivity contribution in [3.05, 3.63) is 12.2 Å². The number of guanidine groups is 1. The van der Waals surface area contributed by atoms with Crippen molar-refractivity contribution in [1.29, 1.82) is 0 Å². The molecule has 0 unspecified atom stereocenters. The molecule has 2 heterocycles. The Morgan fingerprint density at radius 2 is 2.35 bits per heavy atom. The van der Waals surface area contributed by atoms with Crippen molar-refractivity contribution in [3.8, 4) is 0 Å². The molecule has 0 saturated carbocycles. The molecule has 0 amide bonds. The van der Waals surface area contributed by atoms with Crippen LogP contribution in [0.4, 0.5) is 0 Å². The van der Waals surface area contributed by atoms with E-state index < -0.39 is 0 Å². The van der Waals surface area contributed by atoms with Gasteiger partial charge in [-0.15, -0.1) is 0 Å². The van der Waals surface area contributed by atoms with E-state index in [4.69, 9.17) is 4.99 Å². The maximum atomic E-state index is 4.70. The van der Waals surface area contributed by atoms with Gasteiger partial charge in [-0.25, -0.2) is 9.98 Å². The molecular weight excluding hydrogens is 272 g/mol. The summed E-state index contributed by atoms with van der Waals surface area (Å²) in [6.45, 7) is 10.2. The third-order valence-corrected chi connectivity index (χ3v) is 4.53. The molecule has 1 aliphatic rings. The lowest BCUT2D eigenvalue weighted by Crippen LogP contribution is -2.51. The number of rotatable bonds is 3. The van der Waals surface area contributed by atoms with Crippen LogP contribution in [-0.4, -0.2) is 55.8 Å². The number of hydrogen-bond donors (Lipinski definition) is 1. The number of aromatic nitrogens is 3. The van der Waals surface area contributed by atoms with Crippen LogP contribution in [0.25, 0.3) is 0 Å². The fourth-order valence-electron chi connectivity index (χ4n) is 2.23. The minimum Gasteiger partial charge on any atom is -0.357 e. The molecule has 0 spiro atoms. The fraction of sp³-hybridized carbons (Fsp3) is 0.769. The molecule has 6 nitrogen and oxygen atoms in total. The SMILES string of the molecule is CCNC(=NCc1ncnn1C)N1CCSC(C)(C)C1. The summed E-state index contributed by atoms with van der Waals surface area (Å²) in [6, 6.07) is 0. The molecule has 1 aromatic heterocycles. The standard InChI is InChI=1S/C13H24N6S/c1-5-14-12(15-8-11-16-10-17-18(11)4)19-6-7-20-13(2,3)9-19/h10H,5-9H2,1-4H3,(H,14,15). The van der Waals surface area contributed by atoms with Gasteiger partial charge in [-0.3, -0.25) is 4.68 Å². The second kappa shape index (κ2) is 6.47. The first-order valence-electron chi connectivity index (χ1n) is 7.02. The normalized spacial score (nSPS) is 19.2. The summed E-state index contributed by atoms with van der Waals surface area (Å²) in [5.41, 5.74) is 0. The number of nitrogens with zero attached hydrogens (tertiary/aromatic N) is 5. The first-order valence-corrected chi connectivity index (χ1v) is 8.00. The number of hydrogen-bond acceptors (Lipinski definition) is 4. The summed E-state index contributed by atoms with van der Waals surface area (Å²) in [6.07, 6.45) is 1.57. The summed E-state index contributed by atoms with van der Waals surface area (Å²) in [5, 5.41) is 7.46. The van der Waals surface area contributed by atoms with Gasteiger partial charge >= 0.3 is 0 Å². The molecule has 1 aromatic rings. The topological polar surface area (TPSA) is 58.3 Å². The van der Waals surface area contributed by atoms with Crippen LogP contribution in [0.3, 0.4) is 0 Å². The summed E-state index contributed by atoms with van der Waals surface area (Å²) >= 11 is 2.03. The summed E-state index contributed by atoms with van der Waals surface area (Å²) in [7, 11) is 1.89. The highest BCUT2D eigenvalue weighted by Crippen LogP contribution is 2.29. The number of aliphatic imine (C=N–C) groups is 1. The molecular formula is C13H24N6S. The van der Waals surface area contributed by atoms with Gasteiger partial charge in [-0.2, -0.15) is 16.9 Å². The minimum absolute atomic E-state index is 0.277. The molecule has 1 saturated heterocycles. The van der Waals surface area contributed by atoms with E-state index >= 15 is 0 Å². The first kappa shape index (κ1) is 15.2. The lowest BCUT2D eigenvalue weighted by atomic mass is 10.2. The predicted molar refractivity (Wildman–Crippen MR) is 83.9 cm³/mol. The molecule has 1 fully saturated rings. The summed E-state index contributed by atoms with van der Waals surface area (Å²) < 4.78 is 2.04. The van der Waals surface area contributed by atoms with Gasteiger partial charge in [0.1, 0.15) is 18.7 Å². The van der Waals surface area contributed by atoms with Crippen molar-refractivity contribution >= 4 is 17.7 Å². The van der Waals surface area contributed by atoms with E-state index in [1.54, 1.807) is 11.0 Å². The smallest absolute Gasteiger partial charge is 0.194 e. The molecule has 0 aromatic carbocycles. The number of aryl methyl sites for hydroxylation is 1. The quantitative estimate of drug-likeness (QED) is 0.669. The number of nitrogens with one attached hydrogen (secondary N) is 1. The Labute approximate surface area is 125 Å². The van der Waals surface area contributed by atoms with Crippen molar-refractivity contribution in [2.45, 2.75) is 32.1 Å². The van der Waals surface area contributed by atoms with Crippen molar-refractivity contribution in [1.82, 2.24) is 25.0 Å². The Morgan fingerprint density at radius 1 is 1.55 bits per heavy atom. The van der Waals surface area contributed by atoms with Crippen LogP contribution in [0.1, 0.15) is 26.6 Å². The van der Waals surface area contributed by atoms with Gasteiger partial charge in [0.25, 0.3) is 0 Å². The minimum atomic E-state index is 0.277. The van der Waals surface area contributed by atoms with Gasteiger partial charge in [0.05, 0.1) is 0 Å². The largest absolute Gasteiger partial charge is 0.357 e. The second-order valence-corrected chi connectivity index (χ2v) is 7.30. The molecule has 20 heavy (non-hydrogen) atoms. The van der Waals surface area contributed by atoms with Crippen molar-refractivity contribution in [2.24, 2.45) is 12.0 Å². The van der Waals surface area contributed by atoms with Crippen LogP contribution in [0.2, 0.25) is 0 Å². The zero-order chi connectivity index (χ0) is 14.6. The molecule has 2 rings (SSSR count). The zero-order valence-electron chi connectivity index (χ0n) is 12.8. The van der Waals surface area contributed by atoms with E-state index in [0.29, 0.717) is 6.54 Å². The van der Waals surface area contributed by atoms with Gasteiger partial charge in [0, 0.05) is 37.2 Å². The molecule has 0 aliphatic carbocycles. The van der Waals surface area contributed by atoms with E-state index in [0.717, 1.165) is 37.2 Å². The molecule has 1 aliphatic heterocycles. The average Bonchev–Trinajstić information content (AvgIpc) is 2.79. The van der Waals surface area contributed by atoms with Crippen LogP contribution in [0.5, 0.6) is 0 Å². The van der Waals surface area contributed by atoms with Crippen LogP contribution in [0, 0.1) is 0 Å². The van der Waals surface area contributed by atoms with E-state index in [9.17, 15) is 0 Å². The summed E-state index contributed by atoms with van der Waals surface area (Å²) in [4.78, 5) is 11.3. The molecule has 0 atom stereocenters. The highest BCUT2D eigenvalue weighted by molar-refractivity contribution is 8.00. The van der Waals surface area contributed by atoms with Gasteiger partial charge in [-0.1, -0.05) is 0 Å². The third kappa shape index (κ3) is 3.88. The maximum Gasteiger partial charge on any atom is 0.194 e. The van der Waals surface area contributed by atoms with Gasteiger partial charge in [-0.05, 0) is 20.8 Å². The molecule has 1 N–H and O–H groups in total. The fourth-order valence-corrected chi connectivity index (χ4v) is 3.34. The maximum absolute atomic E-state index is 4.70. The lowest BCUT2D eigenvalue weighted by Gasteiger charge is -2.39. The van der Waals surface area contributed by atoms with Gasteiger partial charge < -0.3 is 10.2 Å². The van der Waals surface area contributed by atoms with Crippen LogP contribution < -0.4 is 5.32 Å². The summed E-state index contributed by atoms with van der Waals surface area (Å²) in [5.74, 6) is 3.00. The van der Waals surface area contributed by atoms with Gasteiger partial charge in [0.15, 0.2) is 5.96 Å². The predicted octanol–water partition coefficient (Wildman–Crippen LogP) is 1.11. The Bertz CT molecular complexity index is 467. The van der Waals surface area contributed by atoms with E-state index in [1.807, 2.05) is 18.8 Å². The molecule has 112 valence electrons. The zero-order valence-corrected chi connectivity index (χ0v) is 13.6. The first-order chi connectivity index (χ1) is 9.52. The number of thioether (sulfide) groups is 1. The van der Waals surface area contributed by atoms with Crippen LogP contribution in [-0.2, 0) is 13.6 Å². The van der Waals surface area contributed by atoms with E-state index in [-0.39, 0.29) is 4.75 Å². The monoisotopic (exact) mass is 296 g/mol. The van der Waals surface area contributed by atoms with E-state index in [1.165, 1.54) is 0 Å². The van der Waals surface area contributed by atoms with Crippen molar-refractivity contribution in [2.75, 3.05) is 25.4 Å². The second-order valence-electron chi connectivity index (χ2n) is 5.50. The van der Waals surface area contributed by atoms with E-state index in [2.05, 4.69) is 41.1 Å². The molecule has 0 bridgehead atoms. The molecule has 0 radical (unpaired) electrons. The Kier molecular flexibility index (Phi) is 4.91. The Balaban J connectivity index is 2.07. The van der Waals surface area contributed by atoms with Crippen molar-refractivity contribution in [3.63, 3.8) is 0 Å². The van der Waals surface area contributed by atoms with Crippen molar-refractivity contribution < 1.29 is 0 Å². The Morgan fingerprint density at radius 3 is 2.95 bits per heavy atom. The highest BCUT2D eigenvalue weighted by atomic mass is 32.2. The molecule has 7 heteroatoms. The third-order valence-electron chi connectivity index (χ3n) is 3.24. The Hall–Kier alpha value is -1.24. The lowest BCUT2D eigenvalue weighted by molar-refractivity contribution is 0.375.